The molecular formula is C13H12ClN5O2. The number of nitrogens with zero attached hydrogens (tertiary/aromatic N) is 4. The molecule has 3 aromatic rings. The molecule has 0 bridgehead atoms. The number of benzene rings is 1. The summed E-state index contributed by atoms with van der Waals surface area (Å²) in [7, 11) is 3.17. The summed E-state index contributed by atoms with van der Waals surface area (Å²) >= 11 is 5.98. The fraction of sp³-hybridized carbons (Fsp3) is 0.154. The second-order valence-corrected chi connectivity index (χ2v) is 4.52. The molecule has 108 valence electrons. The van der Waals surface area contributed by atoms with Crippen LogP contribution in [0.25, 0.3) is 5.78 Å². The highest BCUT2D eigenvalue weighted by atomic mass is 35.5. The number of hydrogen-bond donors (Lipinski definition) is 1. The normalized spacial score (nSPS) is 10.6. The Morgan fingerprint density at radius 2 is 1.95 bits per heavy atom. The molecule has 0 aliphatic carbocycles. The van der Waals surface area contributed by atoms with Gasteiger partial charge in [-0.1, -0.05) is 11.6 Å². The minimum absolute atomic E-state index is 0.332. The summed E-state index contributed by atoms with van der Waals surface area (Å²) in [5.41, 5.74) is 0.798. The van der Waals surface area contributed by atoms with E-state index in [9.17, 15) is 0 Å². The predicted molar refractivity (Wildman–Crippen MR) is 78.6 cm³/mol. The number of anilines is 2. The summed E-state index contributed by atoms with van der Waals surface area (Å²) in [4.78, 5) is 8.08. The van der Waals surface area contributed by atoms with Crippen LogP contribution in [0.4, 0.5) is 11.5 Å². The number of ether oxygens (including phenoxy) is 2. The number of fused-ring (bicyclic) bond motifs is 1. The molecule has 0 atom stereocenters. The van der Waals surface area contributed by atoms with Crippen molar-refractivity contribution < 1.29 is 9.47 Å². The van der Waals surface area contributed by atoms with Crippen LogP contribution in [0.1, 0.15) is 0 Å². The molecule has 0 saturated carbocycles. The molecule has 0 aliphatic heterocycles. The first-order valence-corrected chi connectivity index (χ1v) is 6.44. The Morgan fingerprint density at radius 3 is 2.71 bits per heavy atom. The van der Waals surface area contributed by atoms with Crippen molar-refractivity contribution in [2.24, 2.45) is 0 Å². The van der Waals surface area contributed by atoms with E-state index in [1.807, 2.05) is 18.2 Å². The third-order valence-corrected chi connectivity index (χ3v) is 3.07. The van der Waals surface area contributed by atoms with E-state index in [0.717, 1.165) is 5.69 Å². The molecule has 2 aromatic heterocycles. The van der Waals surface area contributed by atoms with Gasteiger partial charge >= 0.3 is 0 Å². The molecule has 0 fully saturated rings. The minimum atomic E-state index is 0.332. The van der Waals surface area contributed by atoms with Gasteiger partial charge in [-0.25, -0.2) is 0 Å². The van der Waals surface area contributed by atoms with Gasteiger partial charge < -0.3 is 14.8 Å². The fourth-order valence-electron chi connectivity index (χ4n) is 1.93. The summed E-state index contributed by atoms with van der Waals surface area (Å²) in [6.07, 6.45) is 1.42. The van der Waals surface area contributed by atoms with E-state index in [-0.39, 0.29) is 0 Å². The van der Waals surface area contributed by atoms with E-state index < -0.39 is 0 Å². The zero-order chi connectivity index (χ0) is 14.8. The Labute approximate surface area is 125 Å². The SMILES string of the molecule is COc1ccc(Nc2cc(Cl)nc3ncnn23)cc1OC. The summed E-state index contributed by atoms with van der Waals surface area (Å²) < 4.78 is 12.0. The molecule has 0 amide bonds. The molecule has 8 heteroatoms. The van der Waals surface area contributed by atoms with Crippen molar-refractivity contribution in [1.82, 2.24) is 19.6 Å². The maximum absolute atomic E-state index is 5.98. The highest BCUT2D eigenvalue weighted by Crippen LogP contribution is 2.31. The number of nitrogens with one attached hydrogen (secondary N) is 1. The van der Waals surface area contributed by atoms with Gasteiger partial charge in [0.2, 0.25) is 0 Å². The van der Waals surface area contributed by atoms with Crippen LogP contribution in [0.3, 0.4) is 0 Å². The van der Waals surface area contributed by atoms with E-state index in [1.165, 1.54) is 6.33 Å². The molecule has 1 N–H and O–H groups in total. The zero-order valence-corrected chi connectivity index (χ0v) is 12.1. The second-order valence-electron chi connectivity index (χ2n) is 4.13. The Morgan fingerprint density at radius 1 is 1.14 bits per heavy atom. The van der Waals surface area contributed by atoms with E-state index in [0.29, 0.717) is 28.2 Å². The number of hydrogen-bond acceptors (Lipinski definition) is 6. The van der Waals surface area contributed by atoms with Crippen molar-refractivity contribution in [3.8, 4) is 11.5 Å². The van der Waals surface area contributed by atoms with Crippen molar-refractivity contribution in [1.29, 1.82) is 0 Å². The van der Waals surface area contributed by atoms with Crippen LogP contribution in [-0.2, 0) is 0 Å². The lowest BCUT2D eigenvalue weighted by Gasteiger charge is -2.12. The van der Waals surface area contributed by atoms with E-state index in [2.05, 4.69) is 20.4 Å². The smallest absolute Gasteiger partial charge is 0.255 e. The number of aromatic nitrogens is 4. The lowest BCUT2D eigenvalue weighted by atomic mass is 10.2. The van der Waals surface area contributed by atoms with Crippen LogP contribution >= 0.6 is 11.6 Å². The Kier molecular flexibility index (Phi) is 3.49. The standard InChI is InChI=1S/C13H12ClN5O2/c1-20-9-4-3-8(5-10(9)21-2)17-12-6-11(14)18-13-15-7-16-19(12)13/h3-7,17H,1-2H3. The second kappa shape index (κ2) is 5.45. The molecule has 0 aliphatic rings. The summed E-state index contributed by atoms with van der Waals surface area (Å²) in [6, 6.07) is 7.15. The predicted octanol–water partition coefficient (Wildman–Crippen LogP) is 2.54. The Balaban J connectivity index is 2.00. The third kappa shape index (κ3) is 2.55. The average Bonchev–Trinajstić information content (AvgIpc) is 2.95. The molecule has 0 radical (unpaired) electrons. The molecule has 0 spiro atoms. The van der Waals surface area contributed by atoms with Crippen LogP contribution < -0.4 is 14.8 Å². The number of rotatable bonds is 4. The number of methoxy groups -OCH3 is 2. The summed E-state index contributed by atoms with van der Waals surface area (Å²) in [5, 5.41) is 7.63. The van der Waals surface area contributed by atoms with Gasteiger partial charge in [0.15, 0.2) is 11.5 Å². The lowest BCUT2D eigenvalue weighted by molar-refractivity contribution is 0.355. The maximum Gasteiger partial charge on any atom is 0.255 e. The highest BCUT2D eigenvalue weighted by Gasteiger charge is 2.09. The van der Waals surface area contributed by atoms with E-state index in [1.54, 1.807) is 24.8 Å². The topological polar surface area (TPSA) is 73.6 Å². The first-order valence-electron chi connectivity index (χ1n) is 6.06. The van der Waals surface area contributed by atoms with Crippen molar-refractivity contribution in [2.45, 2.75) is 0 Å². The summed E-state index contributed by atoms with van der Waals surface area (Å²) in [5.74, 6) is 2.35. The fourth-order valence-corrected chi connectivity index (χ4v) is 2.11. The van der Waals surface area contributed by atoms with Crippen molar-refractivity contribution in [3.05, 3.63) is 35.7 Å². The molecule has 1 aromatic carbocycles. The van der Waals surface area contributed by atoms with Crippen LogP contribution in [0.2, 0.25) is 5.15 Å². The minimum Gasteiger partial charge on any atom is -0.493 e. The molecule has 21 heavy (non-hydrogen) atoms. The molecule has 3 rings (SSSR count). The van der Waals surface area contributed by atoms with Crippen molar-refractivity contribution in [3.63, 3.8) is 0 Å². The molecule has 7 nitrogen and oxygen atoms in total. The highest BCUT2D eigenvalue weighted by molar-refractivity contribution is 6.29. The van der Waals surface area contributed by atoms with Gasteiger partial charge in [0.05, 0.1) is 14.2 Å². The van der Waals surface area contributed by atoms with Crippen LogP contribution in [0.15, 0.2) is 30.6 Å². The first-order chi connectivity index (χ1) is 10.2. The first kappa shape index (κ1) is 13.4. The molecular weight excluding hydrogens is 294 g/mol. The molecule has 0 unspecified atom stereocenters. The van der Waals surface area contributed by atoms with Crippen LogP contribution in [-0.4, -0.2) is 33.8 Å². The lowest BCUT2D eigenvalue weighted by Crippen LogP contribution is -2.02. The van der Waals surface area contributed by atoms with E-state index >= 15 is 0 Å². The van der Waals surface area contributed by atoms with Gasteiger partial charge in [0.25, 0.3) is 5.78 Å². The van der Waals surface area contributed by atoms with Gasteiger partial charge in [-0.3, -0.25) is 0 Å². The monoisotopic (exact) mass is 305 g/mol. The van der Waals surface area contributed by atoms with Crippen molar-refractivity contribution in [2.75, 3.05) is 19.5 Å². The largest absolute Gasteiger partial charge is 0.493 e. The van der Waals surface area contributed by atoms with Crippen LogP contribution in [0.5, 0.6) is 11.5 Å². The number of halogens is 1. The zero-order valence-electron chi connectivity index (χ0n) is 11.4. The maximum atomic E-state index is 5.98. The van der Waals surface area contributed by atoms with Crippen LogP contribution in [0, 0.1) is 0 Å². The van der Waals surface area contributed by atoms with Gasteiger partial charge in [-0.05, 0) is 12.1 Å². The summed E-state index contributed by atoms with van der Waals surface area (Å²) in [6.45, 7) is 0. The van der Waals surface area contributed by atoms with Crippen molar-refractivity contribution >= 4 is 28.9 Å². The van der Waals surface area contributed by atoms with Gasteiger partial charge in [-0.2, -0.15) is 19.6 Å². The Hall–Kier alpha value is -2.54. The third-order valence-electron chi connectivity index (χ3n) is 2.88. The Bertz CT molecular complexity index is 789. The average molecular weight is 306 g/mol. The van der Waals surface area contributed by atoms with Gasteiger partial charge in [0, 0.05) is 17.8 Å². The quantitative estimate of drug-likeness (QED) is 0.747. The van der Waals surface area contributed by atoms with Gasteiger partial charge in [0.1, 0.15) is 17.3 Å². The van der Waals surface area contributed by atoms with E-state index in [4.69, 9.17) is 21.1 Å². The molecule has 2 heterocycles. The van der Waals surface area contributed by atoms with Gasteiger partial charge in [-0.15, -0.1) is 0 Å². The molecule has 0 saturated heterocycles.